The largest absolute Gasteiger partial charge is 0.493 e. The quantitative estimate of drug-likeness (QED) is 0.385. The predicted molar refractivity (Wildman–Crippen MR) is 115 cm³/mol. The Labute approximate surface area is 172 Å². The molecular weight excluding hydrogens is 441 g/mol. The van der Waals surface area contributed by atoms with E-state index in [2.05, 4.69) is 26.4 Å². The van der Waals surface area contributed by atoms with Crippen molar-refractivity contribution in [1.82, 2.24) is 20.0 Å². The molecule has 2 aromatic rings. The van der Waals surface area contributed by atoms with Gasteiger partial charge in [0.1, 0.15) is 5.75 Å². The molecule has 0 amide bonds. The van der Waals surface area contributed by atoms with Gasteiger partial charge in [0.2, 0.25) is 0 Å². The Hall–Kier alpha value is -1.77. The van der Waals surface area contributed by atoms with Crippen LogP contribution in [0.5, 0.6) is 5.75 Å². The summed E-state index contributed by atoms with van der Waals surface area (Å²) >= 11 is 0. The fraction of sp³-hybridized carbons (Fsp3) is 0.474. The van der Waals surface area contributed by atoms with E-state index < -0.39 is 0 Å². The minimum atomic E-state index is 0. The van der Waals surface area contributed by atoms with Gasteiger partial charge in [-0.2, -0.15) is 5.10 Å². The van der Waals surface area contributed by atoms with Gasteiger partial charge in [0.05, 0.1) is 12.8 Å². The molecule has 1 N–H and O–H groups in total. The second-order valence-electron chi connectivity index (χ2n) is 6.64. The van der Waals surface area contributed by atoms with E-state index in [1.54, 1.807) is 7.05 Å². The summed E-state index contributed by atoms with van der Waals surface area (Å²) in [6.07, 6.45) is 6.49. The molecule has 6 nitrogen and oxygen atoms in total. The summed E-state index contributed by atoms with van der Waals surface area (Å²) in [4.78, 5) is 6.47. The Bertz CT molecular complexity index is 726. The molecule has 0 saturated heterocycles. The van der Waals surface area contributed by atoms with Gasteiger partial charge < -0.3 is 15.0 Å². The number of guanidine groups is 1. The second kappa shape index (κ2) is 9.80. The van der Waals surface area contributed by atoms with Crippen LogP contribution < -0.4 is 10.1 Å². The van der Waals surface area contributed by atoms with Gasteiger partial charge in [-0.3, -0.25) is 9.67 Å². The highest BCUT2D eigenvalue weighted by Gasteiger charge is 2.22. The van der Waals surface area contributed by atoms with Crippen LogP contribution in [0.15, 0.2) is 41.7 Å². The molecule has 142 valence electrons. The van der Waals surface area contributed by atoms with Crippen molar-refractivity contribution in [2.75, 3.05) is 20.7 Å². The average molecular weight is 469 g/mol. The monoisotopic (exact) mass is 469 g/mol. The Kier molecular flexibility index (Phi) is 7.74. The summed E-state index contributed by atoms with van der Waals surface area (Å²) in [5, 5.41) is 7.64. The number of aryl methyl sites for hydroxylation is 1. The third-order valence-corrected chi connectivity index (χ3v) is 4.33. The predicted octanol–water partition coefficient (Wildman–Crippen LogP) is 3.03. The Balaban J connectivity index is 0.00000243. The third kappa shape index (κ3) is 5.89. The van der Waals surface area contributed by atoms with Crippen molar-refractivity contribution >= 4 is 29.9 Å². The van der Waals surface area contributed by atoms with Gasteiger partial charge in [0, 0.05) is 51.6 Å². The summed E-state index contributed by atoms with van der Waals surface area (Å²) in [6, 6.07) is 8.21. The second-order valence-corrected chi connectivity index (χ2v) is 6.64. The SMILES string of the molecule is CN=C(NCc1ccccc1OCC1CC1)N(C)Cc1cnn(C)c1.I. The maximum atomic E-state index is 5.98. The highest BCUT2D eigenvalue weighted by atomic mass is 127. The molecule has 1 aliphatic carbocycles. The van der Waals surface area contributed by atoms with E-state index in [9.17, 15) is 0 Å². The maximum Gasteiger partial charge on any atom is 0.193 e. The van der Waals surface area contributed by atoms with Crippen LogP contribution in [0, 0.1) is 5.92 Å². The van der Waals surface area contributed by atoms with Crippen LogP contribution >= 0.6 is 24.0 Å². The molecule has 1 heterocycles. The van der Waals surface area contributed by atoms with Gasteiger partial charge in [-0.05, 0) is 24.8 Å². The molecule has 1 fully saturated rings. The smallest absolute Gasteiger partial charge is 0.193 e. The van der Waals surface area contributed by atoms with Gasteiger partial charge in [0.15, 0.2) is 5.96 Å². The molecule has 0 atom stereocenters. The number of benzene rings is 1. The average Bonchev–Trinajstić information content (AvgIpc) is 3.36. The molecule has 0 unspecified atom stereocenters. The molecule has 0 bridgehead atoms. The van der Waals surface area contributed by atoms with E-state index in [-0.39, 0.29) is 24.0 Å². The first-order valence-electron chi connectivity index (χ1n) is 8.75. The lowest BCUT2D eigenvalue weighted by Gasteiger charge is -2.22. The maximum absolute atomic E-state index is 5.98. The molecule has 1 saturated carbocycles. The standard InChI is InChI=1S/C19H27N5O.HI/c1-20-19(23(2)12-16-10-22-24(3)13-16)21-11-17-6-4-5-7-18(17)25-14-15-8-9-15;/h4-7,10,13,15H,8-9,11-12,14H2,1-3H3,(H,20,21);1H. The van der Waals surface area contributed by atoms with Gasteiger partial charge in [-0.15, -0.1) is 24.0 Å². The van der Waals surface area contributed by atoms with E-state index in [1.165, 1.54) is 12.8 Å². The molecular formula is C19H28IN5O. The molecule has 26 heavy (non-hydrogen) atoms. The highest BCUT2D eigenvalue weighted by molar-refractivity contribution is 14.0. The topological polar surface area (TPSA) is 54.7 Å². The number of hydrogen-bond donors (Lipinski definition) is 1. The molecule has 0 spiro atoms. The number of hydrogen-bond acceptors (Lipinski definition) is 3. The van der Waals surface area contributed by atoms with Crippen LogP contribution in [0.25, 0.3) is 0 Å². The number of ether oxygens (including phenoxy) is 1. The zero-order valence-electron chi connectivity index (χ0n) is 15.7. The summed E-state index contributed by atoms with van der Waals surface area (Å²) in [5.41, 5.74) is 2.31. The lowest BCUT2D eigenvalue weighted by Crippen LogP contribution is -2.38. The molecule has 1 aromatic carbocycles. The minimum absolute atomic E-state index is 0. The Morgan fingerprint density at radius 3 is 2.81 bits per heavy atom. The number of rotatable bonds is 7. The zero-order chi connectivity index (χ0) is 17.6. The molecule has 0 aliphatic heterocycles. The first-order chi connectivity index (χ1) is 12.2. The van der Waals surface area contributed by atoms with Gasteiger partial charge in [-0.1, -0.05) is 18.2 Å². The van der Waals surface area contributed by atoms with Crippen LogP contribution in [0.4, 0.5) is 0 Å². The highest BCUT2D eigenvalue weighted by Crippen LogP contribution is 2.30. The normalized spacial score (nSPS) is 13.9. The van der Waals surface area contributed by atoms with Crippen LogP contribution in [0.2, 0.25) is 0 Å². The lowest BCUT2D eigenvalue weighted by molar-refractivity contribution is 0.296. The first-order valence-corrected chi connectivity index (χ1v) is 8.75. The van der Waals surface area contributed by atoms with Crippen molar-refractivity contribution in [3.8, 4) is 5.75 Å². The fourth-order valence-electron chi connectivity index (χ4n) is 2.74. The molecule has 7 heteroatoms. The van der Waals surface area contributed by atoms with Crippen molar-refractivity contribution in [1.29, 1.82) is 0 Å². The van der Waals surface area contributed by atoms with E-state index in [0.717, 1.165) is 41.9 Å². The van der Waals surface area contributed by atoms with Crippen LogP contribution in [0.3, 0.4) is 0 Å². The number of nitrogens with one attached hydrogen (secondary N) is 1. The van der Waals surface area contributed by atoms with E-state index in [0.29, 0.717) is 6.54 Å². The summed E-state index contributed by atoms with van der Waals surface area (Å²) < 4.78 is 7.79. The lowest BCUT2D eigenvalue weighted by atomic mass is 10.2. The van der Waals surface area contributed by atoms with Crippen LogP contribution in [-0.2, 0) is 20.1 Å². The summed E-state index contributed by atoms with van der Waals surface area (Å²) in [7, 11) is 5.75. The zero-order valence-corrected chi connectivity index (χ0v) is 18.0. The van der Waals surface area contributed by atoms with Crippen molar-refractivity contribution in [2.24, 2.45) is 18.0 Å². The van der Waals surface area contributed by atoms with Gasteiger partial charge >= 0.3 is 0 Å². The number of aliphatic imine (C=N–C) groups is 1. The van der Waals surface area contributed by atoms with Crippen molar-refractivity contribution < 1.29 is 4.74 Å². The van der Waals surface area contributed by atoms with E-state index >= 15 is 0 Å². The Morgan fingerprint density at radius 1 is 1.38 bits per heavy atom. The fourth-order valence-corrected chi connectivity index (χ4v) is 2.74. The van der Waals surface area contributed by atoms with Gasteiger partial charge in [0.25, 0.3) is 0 Å². The number of aromatic nitrogens is 2. The number of halogens is 1. The molecule has 1 aliphatic rings. The van der Waals surface area contributed by atoms with E-state index in [4.69, 9.17) is 4.74 Å². The van der Waals surface area contributed by atoms with Crippen molar-refractivity contribution in [3.63, 3.8) is 0 Å². The summed E-state index contributed by atoms with van der Waals surface area (Å²) in [6.45, 7) is 2.27. The molecule has 1 aromatic heterocycles. The number of para-hydroxylation sites is 1. The summed E-state index contributed by atoms with van der Waals surface area (Å²) in [5.74, 6) is 2.56. The minimum Gasteiger partial charge on any atom is -0.493 e. The first kappa shape index (κ1) is 20.5. The van der Waals surface area contributed by atoms with Crippen LogP contribution in [0.1, 0.15) is 24.0 Å². The Morgan fingerprint density at radius 2 is 2.15 bits per heavy atom. The molecule has 0 radical (unpaired) electrons. The van der Waals surface area contributed by atoms with Gasteiger partial charge in [-0.25, -0.2) is 0 Å². The van der Waals surface area contributed by atoms with E-state index in [1.807, 2.05) is 49.4 Å². The molecule has 3 rings (SSSR count). The van der Waals surface area contributed by atoms with Crippen LogP contribution in [-0.4, -0.2) is 41.3 Å². The number of nitrogens with zero attached hydrogens (tertiary/aromatic N) is 4. The van der Waals surface area contributed by atoms with Crippen molar-refractivity contribution in [2.45, 2.75) is 25.9 Å². The third-order valence-electron chi connectivity index (χ3n) is 4.33. The van der Waals surface area contributed by atoms with Crippen molar-refractivity contribution in [3.05, 3.63) is 47.8 Å².